The van der Waals surface area contributed by atoms with E-state index in [0.29, 0.717) is 16.0 Å². The first-order chi connectivity index (χ1) is 6.99. The van der Waals surface area contributed by atoms with Gasteiger partial charge in [0.1, 0.15) is 0 Å². The lowest BCUT2D eigenvalue weighted by molar-refractivity contribution is 0.480. The Kier molecular flexibility index (Phi) is 4.91. The predicted molar refractivity (Wildman–Crippen MR) is 67.6 cm³/mol. The molecule has 1 aromatic rings. The molecule has 0 radical (unpaired) electrons. The van der Waals surface area contributed by atoms with Crippen LogP contribution in [-0.4, -0.2) is 6.04 Å². The molecule has 2 N–H and O–H groups in total. The zero-order chi connectivity index (χ0) is 11.4. The molecule has 0 saturated heterocycles. The van der Waals surface area contributed by atoms with Gasteiger partial charge in [0.05, 0.1) is 10.0 Å². The maximum Gasteiger partial charge on any atom is 0.0595 e. The molecular weight excluding hydrogens is 229 g/mol. The smallest absolute Gasteiger partial charge is 0.0595 e. The fourth-order valence-electron chi connectivity index (χ4n) is 1.79. The van der Waals surface area contributed by atoms with Crippen molar-refractivity contribution < 1.29 is 0 Å². The molecular formula is C12H17Cl2N. The molecule has 0 spiro atoms. The normalized spacial score (nSPS) is 15.0. The van der Waals surface area contributed by atoms with Crippen LogP contribution in [0.1, 0.15) is 25.8 Å². The second kappa shape index (κ2) is 5.74. The summed E-state index contributed by atoms with van der Waals surface area (Å²) in [7, 11) is 0. The van der Waals surface area contributed by atoms with Crippen LogP contribution in [-0.2, 0) is 6.42 Å². The molecule has 2 atom stereocenters. The summed E-state index contributed by atoms with van der Waals surface area (Å²) in [6.07, 6.45) is 2.03. The molecule has 84 valence electrons. The van der Waals surface area contributed by atoms with Crippen LogP contribution in [0, 0.1) is 5.92 Å². The largest absolute Gasteiger partial charge is 0.328 e. The Morgan fingerprint density at radius 1 is 1.20 bits per heavy atom. The molecule has 0 aromatic heterocycles. The molecule has 1 aromatic carbocycles. The Morgan fingerprint density at radius 2 is 1.87 bits per heavy atom. The van der Waals surface area contributed by atoms with Crippen molar-refractivity contribution in [2.24, 2.45) is 11.7 Å². The van der Waals surface area contributed by atoms with Crippen molar-refractivity contribution in [3.63, 3.8) is 0 Å². The molecule has 0 aliphatic heterocycles. The zero-order valence-corrected chi connectivity index (χ0v) is 10.6. The van der Waals surface area contributed by atoms with Gasteiger partial charge in [-0.25, -0.2) is 0 Å². The third-order valence-corrected chi connectivity index (χ3v) is 3.08. The Morgan fingerprint density at radius 3 is 2.40 bits per heavy atom. The lowest BCUT2D eigenvalue weighted by Crippen LogP contribution is -2.19. The van der Waals surface area contributed by atoms with Gasteiger partial charge >= 0.3 is 0 Å². The van der Waals surface area contributed by atoms with E-state index in [1.54, 1.807) is 0 Å². The Balaban J connectivity index is 2.60. The van der Waals surface area contributed by atoms with Gasteiger partial charge in [-0.15, -0.1) is 0 Å². The number of hydrogen-bond donors (Lipinski definition) is 1. The summed E-state index contributed by atoms with van der Waals surface area (Å²) in [6.45, 7) is 4.23. The van der Waals surface area contributed by atoms with Crippen molar-refractivity contribution in [3.8, 4) is 0 Å². The quantitative estimate of drug-likeness (QED) is 0.856. The molecule has 15 heavy (non-hydrogen) atoms. The highest BCUT2D eigenvalue weighted by Gasteiger charge is 2.07. The van der Waals surface area contributed by atoms with E-state index < -0.39 is 0 Å². The first kappa shape index (κ1) is 12.8. The minimum atomic E-state index is 0.253. The molecule has 1 rings (SSSR count). The average Bonchev–Trinajstić information content (AvgIpc) is 2.10. The van der Waals surface area contributed by atoms with E-state index in [1.807, 2.05) is 25.1 Å². The van der Waals surface area contributed by atoms with Gasteiger partial charge in [0.25, 0.3) is 0 Å². The second-order valence-corrected chi connectivity index (χ2v) is 5.09. The van der Waals surface area contributed by atoms with E-state index in [4.69, 9.17) is 28.9 Å². The lowest BCUT2D eigenvalue weighted by Gasteiger charge is -2.14. The van der Waals surface area contributed by atoms with Gasteiger partial charge in [-0.2, -0.15) is 0 Å². The van der Waals surface area contributed by atoms with Crippen LogP contribution in [0.2, 0.25) is 10.0 Å². The predicted octanol–water partition coefficient (Wildman–Crippen LogP) is 3.91. The van der Waals surface area contributed by atoms with Crippen LogP contribution in [0.15, 0.2) is 18.2 Å². The molecule has 0 bridgehead atoms. The summed E-state index contributed by atoms with van der Waals surface area (Å²) < 4.78 is 0. The first-order valence-corrected chi connectivity index (χ1v) is 5.94. The highest BCUT2D eigenvalue weighted by atomic mass is 35.5. The van der Waals surface area contributed by atoms with Crippen LogP contribution >= 0.6 is 23.2 Å². The Labute approximate surface area is 102 Å². The maximum atomic E-state index is 5.95. The van der Waals surface area contributed by atoms with Crippen LogP contribution in [0.25, 0.3) is 0 Å². The van der Waals surface area contributed by atoms with Crippen molar-refractivity contribution in [2.45, 2.75) is 32.7 Å². The van der Waals surface area contributed by atoms with Crippen molar-refractivity contribution in [3.05, 3.63) is 33.8 Å². The number of rotatable bonds is 4. The second-order valence-electron chi connectivity index (χ2n) is 4.27. The monoisotopic (exact) mass is 245 g/mol. The average molecular weight is 246 g/mol. The van der Waals surface area contributed by atoms with Gasteiger partial charge < -0.3 is 5.73 Å². The Hall–Kier alpha value is -0.240. The molecule has 1 nitrogen and oxygen atoms in total. The molecule has 0 aliphatic rings. The third-order valence-electron chi connectivity index (χ3n) is 2.34. The van der Waals surface area contributed by atoms with E-state index in [-0.39, 0.29) is 6.04 Å². The zero-order valence-electron chi connectivity index (χ0n) is 9.13. The van der Waals surface area contributed by atoms with Gasteiger partial charge in [0, 0.05) is 6.04 Å². The van der Waals surface area contributed by atoms with Crippen molar-refractivity contribution in [1.82, 2.24) is 0 Å². The Bertz CT molecular complexity index is 323. The summed E-state index contributed by atoms with van der Waals surface area (Å²) in [5.74, 6) is 0.572. The number of halogens is 2. The van der Waals surface area contributed by atoms with Crippen LogP contribution < -0.4 is 5.73 Å². The highest BCUT2D eigenvalue weighted by Crippen LogP contribution is 2.24. The highest BCUT2D eigenvalue weighted by molar-refractivity contribution is 6.42. The molecule has 0 amide bonds. The van der Waals surface area contributed by atoms with Gasteiger partial charge in [-0.05, 0) is 43.4 Å². The van der Waals surface area contributed by atoms with E-state index in [2.05, 4.69) is 6.92 Å². The number of hydrogen-bond acceptors (Lipinski definition) is 1. The molecule has 0 aliphatic carbocycles. The third kappa shape index (κ3) is 4.42. The van der Waals surface area contributed by atoms with Crippen molar-refractivity contribution in [1.29, 1.82) is 0 Å². The number of benzene rings is 1. The first-order valence-electron chi connectivity index (χ1n) is 5.18. The molecule has 3 heteroatoms. The van der Waals surface area contributed by atoms with Crippen LogP contribution in [0.5, 0.6) is 0 Å². The van der Waals surface area contributed by atoms with Gasteiger partial charge in [-0.1, -0.05) is 36.2 Å². The minimum absolute atomic E-state index is 0.253. The van der Waals surface area contributed by atoms with Gasteiger partial charge in [-0.3, -0.25) is 0 Å². The fourth-order valence-corrected chi connectivity index (χ4v) is 2.11. The van der Waals surface area contributed by atoms with Crippen molar-refractivity contribution in [2.75, 3.05) is 0 Å². The van der Waals surface area contributed by atoms with E-state index >= 15 is 0 Å². The topological polar surface area (TPSA) is 26.0 Å². The summed E-state index contributed by atoms with van der Waals surface area (Å²) >= 11 is 11.8. The van der Waals surface area contributed by atoms with Crippen LogP contribution in [0.4, 0.5) is 0 Å². The molecule has 2 unspecified atom stereocenters. The summed E-state index contributed by atoms with van der Waals surface area (Å²) in [4.78, 5) is 0. The molecule has 0 saturated carbocycles. The summed E-state index contributed by atoms with van der Waals surface area (Å²) in [6, 6.07) is 6.05. The van der Waals surface area contributed by atoms with Gasteiger partial charge in [0.2, 0.25) is 0 Å². The van der Waals surface area contributed by atoms with E-state index in [0.717, 1.165) is 12.8 Å². The van der Waals surface area contributed by atoms with Gasteiger partial charge in [0.15, 0.2) is 0 Å². The standard InChI is InChI=1S/C12H17Cl2N/c1-8(5-9(2)15)6-10-3-4-11(13)12(14)7-10/h3-4,7-9H,5-6,15H2,1-2H3. The molecule has 0 heterocycles. The molecule has 0 fully saturated rings. The van der Waals surface area contributed by atoms with E-state index in [1.165, 1.54) is 5.56 Å². The van der Waals surface area contributed by atoms with E-state index in [9.17, 15) is 0 Å². The lowest BCUT2D eigenvalue weighted by atomic mass is 9.95. The summed E-state index contributed by atoms with van der Waals surface area (Å²) in [5.41, 5.74) is 6.97. The number of nitrogens with two attached hydrogens (primary N) is 1. The van der Waals surface area contributed by atoms with Crippen molar-refractivity contribution >= 4 is 23.2 Å². The maximum absolute atomic E-state index is 5.95. The van der Waals surface area contributed by atoms with Crippen LogP contribution in [0.3, 0.4) is 0 Å². The fraction of sp³-hybridized carbons (Fsp3) is 0.500. The SMILES string of the molecule is CC(N)CC(C)Cc1ccc(Cl)c(Cl)c1. The minimum Gasteiger partial charge on any atom is -0.328 e. The summed E-state index contributed by atoms with van der Waals surface area (Å²) in [5, 5.41) is 1.24.